The Morgan fingerprint density at radius 3 is 2.61 bits per heavy atom. The molecule has 0 unspecified atom stereocenters. The summed E-state index contributed by atoms with van der Waals surface area (Å²) in [5.41, 5.74) is 1.04. The maximum atomic E-state index is 13.4. The normalized spacial score (nSPS) is 11.4. The van der Waals surface area contributed by atoms with Gasteiger partial charge in [-0.15, -0.1) is 0 Å². The molecule has 2 rings (SSSR count). The molecule has 0 spiro atoms. The first-order valence-corrected chi connectivity index (χ1v) is 8.31. The molecule has 0 aliphatic heterocycles. The van der Waals surface area contributed by atoms with Crippen molar-refractivity contribution in [2.75, 3.05) is 6.54 Å². The molecule has 2 aromatic rings. The Kier molecular flexibility index (Phi) is 5.12. The second-order valence-electron chi connectivity index (χ2n) is 4.96. The summed E-state index contributed by atoms with van der Waals surface area (Å²) in [7, 11) is -3.84. The largest absolute Gasteiger partial charge is 0.351 e. The van der Waals surface area contributed by atoms with Gasteiger partial charge in [0.1, 0.15) is 10.7 Å². The number of carbonyl (C=O) groups excluding carboxylic acids is 1. The number of benzene rings is 1. The summed E-state index contributed by atoms with van der Waals surface area (Å²) >= 11 is 0. The number of H-pyrrole nitrogens is 1. The van der Waals surface area contributed by atoms with Crippen molar-refractivity contribution in [1.29, 1.82) is 0 Å². The summed E-state index contributed by atoms with van der Waals surface area (Å²) in [6, 6.07) is 6.02. The molecule has 1 amide bonds. The van der Waals surface area contributed by atoms with E-state index < -0.39 is 28.3 Å². The van der Waals surface area contributed by atoms with Gasteiger partial charge in [-0.25, -0.2) is 17.5 Å². The molecule has 0 atom stereocenters. The van der Waals surface area contributed by atoms with Crippen molar-refractivity contribution >= 4 is 15.9 Å². The molecule has 9 heteroatoms. The number of hydrogen-bond acceptors (Lipinski definition) is 4. The van der Waals surface area contributed by atoms with Crippen LogP contribution in [0.4, 0.5) is 4.39 Å². The zero-order chi connectivity index (χ0) is 17.0. The van der Waals surface area contributed by atoms with Gasteiger partial charge in [0.15, 0.2) is 0 Å². The Balaban J connectivity index is 1.93. The number of hydrogen-bond donors (Lipinski definition) is 3. The van der Waals surface area contributed by atoms with E-state index in [9.17, 15) is 17.6 Å². The zero-order valence-corrected chi connectivity index (χ0v) is 13.5. The van der Waals surface area contributed by atoms with E-state index in [1.165, 1.54) is 12.1 Å². The highest BCUT2D eigenvalue weighted by Gasteiger charge is 2.22. The molecule has 0 aliphatic rings. The molecule has 7 nitrogen and oxygen atoms in total. The number of aromatic amines is 1. The Morgan fingerprint density at radius 2 is 2.00 bits per heavy atom. The van der Waals surface area contributed by atoms with Gasteiger partial charge < -0.3 is 5.32 Å². The first-order valence-electron chi connectivity index (χ1n) is 6.82. The fraction of sp³-hybridized carbons (Fsp3) is 0.286. The van der Waals surface area contributed by atoms with Gasteiger partial charge in [0.05, 0.1) is 17.9 Å². The first-order chi connectivity index (χ1) is 10.8. The fourth-order valence-corrected chi connectivity index (χ4v) is 3.42. The Morgan fingerprint density at radius 1 is 1.30 bits per heavy atom. The lowest BCUT2D eigenvalue weighted by molar-refractivity contribution is -0.120. The maximum absolute atomic E-state index is 13.4. The summed E-state index contributed by atoms with van der Waals surface area (Å²) in [5, 5.41) is 8.84. The third-order valence-electron chi connectivity index (χ3n) is 3.19. The van der Waals surface area contributed by atoms with Crippen LogP contribution < -0.4 is 10.0 Å². The predicted octanol–water partition coefficient (Wildman–Crippen LogP) is 0.760. The second-order valence-corrected chi connectivity index (χ2v) is 6.66. The highest BCUT2D eigenvalue weighted by Crippen LogP contribution is 2.15. The van der Waals surface area contributed by atoms with Gasteiger partial charge in [-0.2, -0.15) is 5.10 Å². The number of rotatable bonds is 6. The lowest BCUT2D eigenvalue weighted by Crippen LogP contribution is -2.37. The van der Waals surface area contributed by atoms with Crippen LogP contribution in [0.15, 0.2) is 29.2 Å². The summed E-state index contributed by atoms with van der Waals surface area (Å²) in [6.45, 7) is 2.67. The van der Waals surface area contributed by atoms with Gasteiger partial charge in [0.25, 0.3) is 0 Å². The van der Waals surface area contributed by atoms with Crippen LogP contribution in [0.2, 0.25) is 0 Å². The zero-order valence-electron chi connectivity index (χ0n) is 12.7. The number of aromatic nitrogens is 2. The lowest BCUT2D eigenvalue weighted by atomic mass is 10.2. The average molecular weight is 340 g/mol. The quantitative estimate of drug-likeness (QED) is 0.722. The minimum absolute atomic E-state index is 0.0169. The summed E-state index contributed by atoms with van der Waals surface area (Å²) in [4.78, 5) is 11.8. The summed E-state index contributed by atoms with van der Waals surface area (Å²) in [6.07, 6.45) is 0. The SMILES string of the molecule is Cc1n[nH]c(C)c1S(=O)(=O)NCC(=O)NCc1ccccc1F. The molecule has 0 saturated carbocycles. The highest BCUT2D eigenvalue weighted by molar-refractivity contribution is 7.89. The maximum Gasteiger partial charge on any atom is 0.244 e. The Labute approximate surface area is 133 Å². The summed E-state index contributed by atoms with van der Waals surface area (Å²) < 4.78 is 39.9. The van der Waals surface area contributed by atoms with Crippen LogP contribution in [-0.2, 0) is 21.4 Å². The topological polar surface area (TPSA) is 104 Å². The van der Waals surface area contributed by atoms with E-state index in [2.05, 4.69) is 20.2 Å². The van der Waals surface area contributed by atoms with Crippen molar-refractivity contribution in [2.45, 2.75) is 25.3 Å². The van der Waals surface area contributed by atoms with E-state index in [-0.39, 0.29) is 11.4 Å². The van der Waals surface area contributed by atoms with Crippen LogP contribution in [0.25, 0.3) is 0 Å². The number of carbonyl (C=O) groups is 1. The van der Waals surface area contributed by atoms with Crippen LogP contribution in [0.1, 0.15) is 17.0 Å². The molecular weight excluding hydrogens is 323 g/mol. The molecule has 0 saturated heterocycles. The molecular formula is C14H17FN4O3S. The molecule has 3 N–H and O–H groups in total. The van der Waals surface area contributed by atoms with Crippen LogP contribution in [0.5, 0.6) is 0 Å². The van der Waals surface area contributed by atoms with Crippen molar-refractivity contribution in [2.24, 2.45) is 0 Å². The second kappa shape index (κ2) is 6.88. The Hall–Kier alpha value is -2.26. The Bertz CT molecular complexity index is 798. The van der Waals surface area contributed by atoms with E-state index in [1.807, 2.05) is 0 Å². The monoisotopic (exact) mass is 340 g/mol. The van der Waals surface area contributed by atoms with Crippen LogP contribution >= 0.6 is 0 Å². The van der Waals surface area contributed by atoms with Crippen molar-refractivity contribution in [3.63, 3.8) is 0 Å². The van der Waals surface area contributed by atoms with Crippen LogP contribution in [0.3, 0.4) is 0 Å². The molecule has 0 radical (unpaired) electrons. The van der Waals surface area contributed by atoms with Crippen molar-refractivity contribution < 1.29 is 17.6 Å². The van der Waals surface area contributed by atoms with Crippen molar-refractivity contribution in [3.8, 4) is 0 Å². The van der Waals surface area contributed by atoms with Gasteiger partial charge in [0, 0.05) is 12.1 Å². The van der Waals surface area contributed by atoms with E-state index in [0.717, 1.165) is 0 Å². The van der Waals surface area contributed by atoms with Crippen molar-refractivity contribution in [3.05, 3.63) is 47.0 Å². The minimum atomic E-state index is -3.84. The number of amides is 1. The van der Waals surface area contributed by atoms with Crippen LogP contribution in [0, 0.1) is 19.7 Å². The minimum Gasteiger partial charge on any atom is -0.351 e. The molecule has 23 heavy (non-hydrogen) atoms. The van der Waals surface area contributed by atoms with E-state index in [4.69, 9.17) is 0 Å². The predicted molar refractivity (Wildman–Crippen MR) is 81.5 cm³/mol. The molecule has 0 aliphatic carbocycles. The standard InChI is InChI=1S/C14H17FN4O3S/c1-9-14(10(2)19-18-9)23(21,22)17-8-13(20)16-7-11-5-3-4-6-12(11)15/h3-6,17H,7-8H2,1-2H3,(H,16,20)(H,18,19). The third-order valence-corrected chi connectivity index (χ3v) is 4.85. The molecule has 1 aromatic carbocycles. The van der Waals surface area contributed by atoms with E-state index in [1.54, 1.807) is 26.0 Å². The number of aryl methyl sites for hydroxylation is 2. The lowest BCUT2D eigenvalue weighted by Gasteiger charge is -2.08. The van der Waals surface area contributed by atoms with Crippen LogP contribution in [-0.4, -0.2) is 31.1 Å². The molecule has 1 aromatic heterocycles. The average Bonchev–Trinajstić information content (AvgIpc) is 2.84. The highest BCUT2D eigenvalue weighted by atomic mass is 32.2. The van der Waals surface area contributed by atoms with Gasteiger partial charge in [-0.1, -0.05) is 18.2 Å². The van der Waals surface area contributed by atoms with Gasteiger partial charge >= 0.3 is 0 Å². The van der Waals surface area contributed by atoms with Crippen molar-refractivity contribution in [1.82, 2.24) is 20.2 Å². The molecule has 0 bridgehead atoms. The molecule has 0 fully saturated rings. The van der Waals surface area contributed by atoms with E-state index >= 15 is 0 Å². The summed E-state index contributed by atoms with van der Waals surface area (Å²) in [5.74, 6) is -0.992. The smallest absolute Gasteiger partial charge is 0.244 e. The van der Waals surface area contributed by atoms with Gasteiger partial charge in [-0.3, -0.25) is 9.89 Å². The van der Waals surface area contributed by atoms with Gasteiger partial charge in [-0.05, 0) is 19.9 Å². The number of nitrogens with zero attached hydrogens (tertiary/aromatic N) is 1. The number of halogens is 1. The third kappa shape index (κ3) is 4.14. The molecule has 124 valence electrons. The van der Waals surface area contributed by atoms with E-state index in [0.29, 0.717) is 17.0 Å². The van der Waals surface area contributed by atoms with Gasteiger partial charge in [0.2, 0.25) is 15.9 Å². The number of nitrogens with one attached hydrogen (secondary N) is 3. The number of sulfonamides is 1. The fourth-order valence-electron chi connectivity index (χ4n) is 2.07. The molecule has 1 heterocycles. The first kappa shape index (κ1) is 17.1.